The number of nitrogens with zero attached hydrogens (tertiary/aromatic N) is 2. The van der Waals surface area contributed by atoms with Crippen LogP contribution in [-0.4, -0.2) is 28.3 Å². The zero-order valence-electron chi connectivity index (χ0n) is 11.3. The van der Waals surface area contributed by atoms with Crippen molar-refractivity contribution in [2.24, 2.45) is 5.73 Å². The minimum Gasteiger partial charge on any atom is -0.366 e. The number of nitrogens with two attached hydrogens (primary N) is 1. The van der Waals surface area contributed by atoms with Gasteiger partial charge in [0.15, 0.2) is 0 Å². The third-order valence-corrected chi connectivity index (χ3v) is 2.78. The summed E-state index contributed by atoms with van der Waals surface area (Å²) in [6.45, 7) is 0.361. The summed E-state index contributed by atoms with van der Waals surface area (Å²) in [5.74, 6) is -0.769. The van der Waals surface area contributed by atoms with Crippen LogP contribution >= 0.6 is 0 Å². The number of carbonyl (C=O) groups is 2. The molecule has 0 saturated carbocycles. The molecule has 2 heterocycles. The second-order valence-electron chi connectivity index (χ2n) is 4.30. The first-order chi connectivity index (χ1) is 10.2. The van der Waals surface area contributed by atoms with Crippen LogP contribution in [0.15, 0.2) is 42.7 Å². The third-order valence-electron chi connectivity index (χ3n) is 2.78. The molecule has 6 heteroatoms. The molecule has 0 spiro atoms. The molecule has 2 aromatic rings. The normalized spacial score (nSPS) is 10.1. The molecule has 1 radical (unpaired) electrons. The average molecular weight is 283 g/mol. The first-order valence-electron chi connectivity index (χ1n) is 6.44. The number of aromatic nitrogens is 2. The van der Waals surface area contributed by atoms with Gasteiger partial charge in [-0.2, -0.15) is 0 Å². The minimum absolute atomic E-state index is 0.245. The summed E-state index contributed by atoms with van der Waals surface area (Å²) in [6, 6.07) is 8.59. The van der Waals surface area contributed by atoms with Crippen LogP contribution in [0.2, 0.25) is 0 Å². The quantitative estimate of drug-likeness (QED) is 0.806. The number of pyridine rings is 2. The average Bonchev–Trinajstić information content (AvgIpc) is 2.48. The van der Waals surface area contributed by atoms with Crippen molar-refractivity contribution in [3.63, 3.8) is 0 Å². The molecule has 0 aliphatic heterocycles. The van der Waals surface area contributed by atoms with Crippen LogP contribution in [-0.2, 0) is 11.2 Å². The molecule has 6 nitrogen and oxygen atoms in total. The molecule has 0 aliphatic rings. The van der Waals surface area contributed by atoms with Gasteiger partial charge in [-0.15, -0.1) is 0 Å². The Labute approximate surface area is 122 Å². The fourth-order valence-corrected chi connectivity index (χ4v) is 1.81. The Morgan fingerprint density at radius 1 is 1.14 bits per heavy atom. The molecule has 0 unspecified atom stereocenters. The molecule has 3 N–H and O–H groups in total. The molecule has 0 fully saturated rings. The second kappa shape index (κ2) is 7.14. The van der Waals surface area contributed by atoms with Crippen LogP contribution in [0.25, 0.3) is 0 Å². The molecule has 0 aliphatic carbocycles. The van der Waals surface area contributed by atoms with E-state index in [0.29, 0.717) is 29.9 Å². The molecule has 0 saturated heterocycles. The van der Waals surface area contributed by atoms with Gasteiger partial charge in [-0.05, 0) is 24.3 Å². The van der Waals surface area contributed by atoms with Gasteiger partial charge in [0.2, 0.25) is 5.91 Å². The first-order valence-corrected chi connectivity index (χ1v) is 6.44. The highest BCUT2D eigenvalue weighted by molar-refractivity contribution is 5.93. The van der Waals surface area contributed by atoms with E-state index in [1.165, 1.54) is 6.42 Å². The number of rotatable bonds is 6. The lowest BCUT2D eigenvalue weighted by Gasteiger charge is -2.07. The summed E-state index contributed by atoms with van der Waals surface area (Å²) < 4.78 is 0. The van der Waals surface area contributed by atoms with Crippen molar-refractivity contribution in [1.82, 2.24) is 15.3 Å². The first kappa shape index (κ1) is 14.6. The van der Waals surface area contributed by atoms with Gasteiger partial charge < -0.3 is 11.1 Å². The Balaban J connectivity index is 1.84. The predicted octanol–water partition coefficient (Wildman–Crippen LogP) is 0.487. The Morgan fingerprint density at radius 3 is 2.67 bits per heavy atom. The molecule has 0 atom stereocenters. The molecule has 21 heavy (non-hydrogen) atoms. The summed E-state index contributed by atoms with van der Waals surface area (Å²) in [6.07, 6.45) is 5.05. The highest BCUT2D eigenvalue weighted by Gasteiger charge is 2.09. The van der Waals surface area contributed by atoms with Crippen LogP contribution in [0.1, 0.15) is 21.7 Å². The van der Waals surface area contributed by atoms with Gasteiger partial charge in [-0.25, -0.2) is 0 Å². The van der Waals surface area contributed by atoms with Gasteiger partial charge in [0.05, 0.1) is 23.4 Å². The van der Waals surface area contributed by atoms with Crippen LogP contribution in [0, 0.1) is 6.42 Å². The predicted molar refractivity (Wildman–Crippen MR) is 77.1 cm³/mol. The van der Waals surface area contributed by atoms with E-state index < -0.39 is 5.91 Å². The van der Waals surface area contributed by atoms with Gasteiger partial charge in [0.1, 0.15) is 0 Å². The van der Waals surface area contributed by atoms with Gasteiger partial charge in [-0.3, -0.25) is 19.6 Å². The van der Waals surface area contributed by atoms with Gasteiger partial charge in [0, 0.05) is 25.4 Å². The smallest absolute Gasteiger partial charge is 0.250 e. The standard InChI is InChI=1S/C15H15N4O2/c16-15(21)12-5-3-8-18-13(12)6-9-19-14(20)10-11-4-1-2-7-17-11/h1-5,7-8,10H,6,9H2,(H2,16,21)(H,19,20). The zero-order valence-corrected chi connectivity index (χ0v) is 11.3. The maximum atomic E-state index is 11.7. The number of amides is 2. The van der Waals surface area contributed by atoms with Crippen molar-refractivity contribution in [1.29, 1.82) is 0 Å². The Hall–Kier alpha value is -2.76. The van der Waals surface area contributed by atoms with E-state index in [4.69, 9.17) is 5.73 Å². The van der Waals surface area contributed by atoms with Crippen LogP contribution in [0.4, 0.5) is 0 Å². The van der Waals surface area contributed by atoms with Crippen molar-refractivity contribution < 1.29 is 9.59 Å². The van der Waals surface area contributed by atoms with Gasteiger partial charge in [0.25, 0.3) is 5.91 Å². The Kier molecular flexibility index (Phi) is 4.98. The summed E-state index contributed by atoms with van der Waals surface area (Å²) in [4.78, 5) is 31.1. The van der Waals surface area contributed by atoms with Crippen molar-refractivity contribution in [2.75, 3.05) is 6.54 Å². The van der Waals surface area contributed by atoms with Crippen LogP contribution in [0.5, 0.6) is 0 Å². The third kappa shape index (κ3) is 4.38. The van der Waals surface area contributed by atoms with E-state index in [2.05, 4.69) is 15.3 Å². The summed E-state index contributed by atoms with van der Waals surface area (Å²) in [5, 5.41) is 2.72. The molecule has 107 valence electrons. The molecule has 2 rings (SSSR count). The Bertz CT molecular complexity index is 629. The highest BCUT2D eigenvalue weighted by atomic mass is 16.1. The molecule has 0 bridgehead atoms. The van der Waals surface area contributed by atoms with E-state index in [0.717, 1.165) is 0 Å². The fourth-order valence-electron chi connectivity index (χ4n) is 1.81. The van der Waals surface area contributed by atoms with Crippen molar-refractivity contribution >= 4 is 11.8 Å². The molecular formula is C15H15N4O2. The number of hydrogen-bond acceptors (Lipinski definition) is 4. The van der Waals surface area contributed by atoms with E-state index in [1.807, 2.05) is 0 Å². The summed E-state index contributed by atoms with van der Waals surface area (Å²) >= 11 is 0. The highest BCUT2D eigenvalue weighted by Crippen LogP contribution is 2.05. The molecular weight excluding hydrogens is 268 g/mol. The van der Waals surface area contributed by atoms with E-state index in [-0.39, 0.29) is 5.91 Å². The van der Waals surface area contributed by atoms with Crippen molar-refractivity contribution in [3.05, 3.63) is 66.1 Å². The summed E-state index contributed by atoms with van der Waals surface area (Å²) in [5.41, 5.74) is 6.80. The number of hydrogen-bond donors (Lipinski definition) is 2. The topological polar surface area (TPSA) is 98.0 Å². The van der Waals surface area contributed by atoms with Crippen LogP contribution < -0.4 is 11.1 Å². The lowest BCUT2D eigenvalue weighted by atomic mass is 10.1. The fraction of sp³-hybridized carbons (Fsp3) is 0.133. The zero-order chi connectivity index (χ0) is 15.1. The second-order valence-corrected chi connectivity index (χ2v) is 4.30. The summed E-state index contributed by atoms with van der Waals surface area (Å²) in [7, 11) is 0. The van der Waals surface area contributed by atoms with Crippen molar-refractivity contribution in [2.45, 2.75) is 6.42 Å². The molecule has 2 amide bonds. The van der Waals surface area contributed by atoms with E-state index >= 15 is 0 Å². The van der Waals surface area contributed by atoms with Crippen molar-refractivity contribution in [3.8, 4) is 0 Å². The monoisotopic (exact) mass is 283 g/mol. The number of nitrogens with one attached hydrogen (secondary N) is 1. The van der Waals surface area contributed by atoms with E-state index in [1.54, 1.807) is 42.7 Å². The number of primary amides is 1. The lowest BCUT2D eigenvalue weighted by Crippen LogP contribution is -2.27. The van der Waals surface area contributed by atoms with Gasteiger partial charge >= 0.3 is 0 Å². The lowest BCUT2D eigenvalue weighted by molar-refractivity contribution is -0.117. The van der Waals surface area contributed by atoms with Gasteiger partial charge in [-0.1, -0.05) is 6.07 Å². The molecule has 0 aromatic carbocycles. The largest absolute Gasteiger partial charge is 0.366 e. The maximum Gasteiger partial charge on any atom is 0.250 e. The Morgan fingerprint density at radius 2 is 1.95 bits per heavy atom. The SMILES string of the molecule is NC(=O)c1cccnc1CCNC(=O)[CH]c1ccccn1. The minimum atomic E-state index is -0.524. The van der Waals surface area contributed by atoms with Crippen LogP contribution in [0.3, 0.4) is 0 Å². The number of carbonyl (C=O) groups excluding carboxylic acids is 2. The maximum absolute atomic E-state index is 11.7. The molecule has 2 aromatic heterocycles. The van der Waals surface area contributed by atoms with E-state index in [9.17, 15) is 9.59 Å².